The van der Waals surface area contributed by atoms with Crippen molar-refractivity contribution in [3.05, 3.63) is 0 Å². The number of hydrogen-bond acceptors (Lipinski definition) is 0. The first-order chi connectivity index (χ1) is 18.1. The van der Waals surface area contributed by atoms with Gasteiger partial charge >= 0.3 is 253 Å². The molecule has 0 saturated carbocycles. The average Bonchev–Trinajstić information content (AvgIpc) is 2.90. The van der Waals surface area contributed by atoms with Gasteiger partial charge < -0.3 is 0 Å². The van der Waals surface area contributed by atoms with Crippen LogP contribution >= 0.6 is 0 Å². The summed E-state index contributed by atoms with van der Waals surface area (Å²) in [5.74, 6) is 1.05. The maximum absolute atomic E-state index is 2.35. The molecule has 0 amide bonds. The van der Waals surface area contributed by atoms with Crippen molar-refractivity contribution in [2.45, 2.75) is 224 Å². The van der Waals surface area contributed by atoms with Gasteiger partial charge in [0.15, 0.2) is 0 Å². The molecule has 0 nitrogen and oxygen atoms in total. The van der Waals surface area contributed by atoms with E-state index in [4.69, 9.17) is 0 Å². The summed E-state index contributed by atoms with van der Waals surface area (Å²) < 4.78 is 0.767. The summed E-state index contributed by atoms with van der Waals surface area (Å²) in [4.78, 5) is 0. The molecule has 1 atom stereocenters. The standard InChI is InChI=1S/C36H73.Sb.3H/c1-5-9-13-17-21-22-26-30-34-36(33-29-25-20-16-12-8-4)35(31-27-23-18-14-10-6-2)32-28-24-19-15-11-7-3;;;;/h36H,5-34H2,1-4H3;;;;. The molecule has 0 aromatic rings. The normalized spacial score (nSPS) is 13.0. The van der Waals surface area contributed by atoms with Crippen LogP contribution in [-0.4, -0.2) is 23.0 Å². The molecule has 0 fully saturated rings. The van der Waals surface area contributed by atoms with Crippen LogP contribution in [0.1, 0.15) is 220 Å². The molecule has 0 aromatic heterocycles. The molecular weight excluding hydrogens is 554 g/mol. The van der Waals surface area contributed by atoms with Crippen molar-refractivity contribution >= 4 is 23.0 Å². The van der Waals surface area contributed by atoms with E-state index in [-0.39, 0.29) is 0 Å². The average molecular weight is 631 g/mol. The molecule has 0 aromatic carbocycles. The Morgan fingerprint density at radius 1 is 0.351 bits per heavy atom. The Kier molecular flexibility index (Phi) is 30.5. The van der Waals surface area contributed by atoms with Crippen molar-refractivity contribution in [2.75, 3.05) is 0 Å². The second kappa shape index (κ2) is 29.8. The molecule has 1 radical (unpaired) electrons. The van der Waals surface area contributed by atoms with Crippen LogP contribution in [0.2, 0.25) is 3.36 Å². The quantitative estimate of drug-likeness (QED) is 0.0528. The fraction of sp³-hybridized carbons (Fsp3) is 1.00. The first kappa shape index (κ1) is 37.8. The summed E-state index contributed by atoms with van der Waals surface area (Å²) in [6, 6.07) is 0. The molecular formula is C36H76Sb. The van der Waals surface area contributed by atoms with Crippen molar-refractivity contribution in [1.29, 1.82) is 0 Å². The van der Waals surface area contributed by atoms with E-state index < -0.39 is 0 Å². The van der Waals surface area contributed by atoms with Gasteiger partial charge in [0.25, 0.3) is 0 Å². The van der Waals surface area contributed by atoms with E-state index in [9.17, 15) is 0 Å². The number of unbranched alkanes of at least 4 members (excludes halogenated alkanes) is 22. The van der Waals surface area contributed by atoms with Gasteiger partial charge in [0.05, 0.1) is 0 Å². The minimum absolute atomic E-state index is 0.767. The molecule has 0 spiro atoms. The molecule has 0 aliphatic rings. The van der Waals surface area contributed by atoms with Crippen LogP contribution in [0.25, 0.3) is 0 Å². The third kappa shape index (κ3) is 24.3. The van der Waals surface area contributed by atoms with Gasteiger partial charge in [0, 0.05) is 0 Å². The second-order valence-corrected chi connectivity index (χ2v) is 16.9. The van der Waals surface area contributed by atoms with Crippen LogP contribution in [0.4, 0.5) is 0 Å². The Morgan fingerprint density at radius 2 is 0.595 bits per heavy atom. The zero-order chi connectivity index (χ0) is 27.3. The third-order valence-corrected chi connectivity index (χ3v) is 12.9. The first-order valence-electron chi connectivity index (χ1n) is 18.0. The van der Waals surface area contributed by atoms with Crippen molar-refractivity contribution in [3.8, 4) is 0 Å². The monoisotopic (exact) mass is 629 g/mol. The Balaban J connectivity index is 4.89. The molecule has 1 unspecified atom stereocenters. The molecule has 37 heavy (non-hydrogen) atoms. The van der Waals surface area contributed by atoms with Gasteiger partial charge in [-0.15, -0.1) is 0 Å². The number of hydrogen-bond donors (Lipinski definition) is 0. The van der Waals surface area contributed by atoms with Crippen molar-refractivity contribution < 1.29 is 0 Å². The molecule has 0 N–H and O–H groups in total. The van der Waals surface area contributed by atoms with E-state index in [1.54, 1.807) is 25.7 Å². The van der Waals surface area contributed by atoms with Crippen molar-refractivity contribution in [3.63, 3.8) is 0 Å². The Hall–Kier alpha value is 0.818. The molecule has 0 bridgehead atoms. The van der Waals surface area contributed by atoms with Crippen molar-refractivity contribution in [2.24, 2.45) is 5.92 Å². The molecule has 0 saturated heterocycles. The van der Waals surface area contributed by atoms with Gasteiger partial charge in [-0.1, -0.05) is 0 Å². The van der Waals surface area contributed by atoms with Gasteiger partial charge in [0.1, 0.15) is 0 Å². The summed E-state index contributed by atoms with van der Waals surface area (Å²) in [6.07, 6.45) is 44.6. The molecule has 0 rings (SSSR count). The minimum atomic E-state index is 0.767. The zero-order valence-electron chi connectivity index (χ0n) is 27.0. The molecule has 225 valence electrons. The predicted octanol–water partition coefficient (Wildman–Crippen LogP) is 12.9. The fourth-order valence-electron chi connectivity index (χ4n) is 6.50. The maximum atomic E-state index is 2.35. The van der Waals surface area contributed by atoms with Crippen molar-refractivity contribution in [1.82, 2.24) is 0 Å². The van der Waals surface area contributed by atoms with Gasteiger partial charge in [-0.2, -0.15) is 0 Å². The van der Waals surface area contributed by atoms with E-state index in [2.05, 4.69) is 27.7 Å². The van der Waals surface area contributed by atoms with E-state index >= 15 is 0 Å². The van der Waals surface area contributed by atoms with Gasteiger partial charge in [0.2, 0.25) is 0 Å². The van der Waals surface area contributed by atoms with Crippen LogP contribution in [0.3, 0.4) is 0 Å². The van der Waals surface area contributed by atoms with Crippen LogP contribution in [0.5, 0.6) is 0 Å². The molecule has 0 heterocycles. The van der Waals surface area contributed by atoms with E-state index in [1.807, 2.05) is 0 Å². The van der Waals surface area contributed by atoms with E-state index in [1.165, 1.54) is 167 Å². The third-order valence-electron chi connectivity index (χ3n) is 9.23. The number of rotatable bonds is 31. The molecule has 0 aliphatic carbocycles. The Morgan fingerprint density at radius 3 is 0.892 bits per heavy atom. The van der Waals surface area contributed by atoms with Gasteiger partial charge in [-0.25, -0.2) is 0 Å². The van der Waals surface area contributed by atoms with Crippen LogP contribution in [0, 0.1) is 5.92 Å². The van der Waals surface area contributed by atoms with Gasteiger partial charge in [-0.3, -0.25) is 0 Å². The van der Waals surface area contributed by atoms with Crippen LogP contribution < -0.4 is 0 Å². The zero-order valence-corrected chi connectivity index (χ0v) is 31.0. The van der Waals surface area contributed by atoms with Gasteiger partial charge in [-0.05, 0) is 0 Å². The first-order valence-corrected chi connectivity index (χ1v) is 20.0. The fourth-order valence-corrected chi connectivity index (χ4v) is 9.09. The summed E-state index contributed by atoms with van der Waals surface area (Å²) in [7, 11) is 0. The SMILES string of the molecule is CCCCCCCCCCC(CCCCCCCC)[C]([SbH3])(CCCCCCCC)CCCCCCCC. The Labute approximate surface area is 251 Å². The summed E-state index contributed by atoms with van der Waals surface area (Å²) in [5.41, 5.74) is 0. The topological polar surface area (TPSA) is 0 Å². The molecule has 1 heteroatoms. The molecule has 0 aliphatic heterocycles. The Bertz CT molecular complexity index is 401. The summed E-state index contributed by atoms with van der Waals surface area (Å²) >= 11 is 1.14. The summed E-state index contributed by atoms with van der Waals surface area (Å²) in [6.45, 7) is 9.38. The van der Waals surface area contributed by atoms with Crippen LogP contribution in [0.15, 0.2) is 0 Å². The second-order valence-electron chi connectivity index (χ2n) is 12.9. The summed E-state index contributed by atoms with van der Waals surface area (Å²) in [5, 5.41) is 0. The predicted molar refractivity (Wildman–Crippen MR) is 177 cm³/mol. The van der Waals surface area contributed by atoms with E-state index in [0.29, 0.717) is 0 Å². The van der Waals surface area contributed by atoms with E-state index in [0.717, 1.165) is 32.3 Å². The van der Waals surface area contributed by atoms with Crippen LogP contribution in [-0.2, 0) is 0 Å².